The van der Waals surface area contributed by atoms with Gasteiger partial charge in [-0.25, -0.2) is 4.98 Å². The minimum absolute atomic E-state index is 0.0398. The largest absolute Gasteiger partial charge is 0.504 e. The van der Waals surface area contributed by atoms with Gasteiger partial charge in [0.2, 0.25) is 0 Å². The van der Waals surface area contributed by atoms with Crippen molar-refractivity contribution in [3.63, 3.8) is 0 Å². The standard InChI is InChI=1S/C25H22N2O3/c1-16-8-6-9-17(2)23(16)27-22(26-20-12-5-4-11-19(20)25(27)29)15-14-18-10-7-13-21(30-3)24(18)28/h4-15,28H,1-3H3. The molecule has 4 aromatic rings. The van der Waals surface area contributed by atoms with Crippen LogP contribution in [0.2, 0.25) is 0 Å². The van der Waals surface area contributed by atoms with Crippen molar-refractivity contribution >= 4 is 23.1 Å². The average molecular weight is 398 g/mol. The van der Waals surface area contributed by atoms with Crippen molar-refractivity contribution in [1.82, 2.24) is 9.55 Å². The number of phenolic OH excluding ortho intramolecular Hbond substituents is 1. The Labute approximate surface area is 174 Å². The molecule has 1 heterocycles. The highest BCUT2D eigenvalue weighted by molar-refractivity contribution is 5.81. The molecule has 0 aliphatic rings. The Morgan fingerprint density at radius 2 is 1.63 bits per heavy atom. The van der Waals surface area contributed by atoms with Crippen LogP contribution in [-0.2, 0) is 0 Å². The maximum absolute atomic E-state index is 13.5. The van der Waals surface area contributed by atoms with Crippen LogP contribution in [0.5, 0.6) is 11.5 Å². The van der Waals surface area contributed by atoms with E-state index >= 15 is 0 Å². The van der Waals surface area contributed by atoms with Crippen molar-refractivity contribution in [3.8, 4) is 17.2 Å². The Kier molecular flexibility index (Phi) is 5.11. The maximum Gasteiger partial charge on any atom is 0.266 e. The molecule has 0 spiro atoms. The van der Waals surface area contributed by atoms with Crippen LogP contribution in [0.25, 0.3) is 28.7 Å². The van der Waals surface area contributed by atoms with Crippen molar-refractivity contribution in [2.24, 2.45) is 0 Å². The van der Waals surface area contributed by atoms with Crippen molar-refractivity contribution in [3.05, 3.63) is 93.5 Å². The molecule has 30 heavy (non-hydrogen) atoms. The number of para-hydroxylation sites is 3. The van der Waals surface area contributed by atoms with Gasteiger partial charge in [0.25, 0.3) is 5.56 Å². The van der Waals surface area contributed by atoms with Gasteiger partial charge in [0, 0.05) is 5.56 Å². The smallest absolute Gasteiger partial charge is 0.266 e. The zero-order valence-electron chi connectivity index (χ0n) is 17.1. The summed E-state index contributed by atoms with van der Waals surface area (Å²) in [6.45, 7) is 3.96. The number of nitrogens with zero attached hydrogens (tertiary/aromatic N) is 2. The number of aryl methyl sites for hydroxylation is 2. The zero-order chi connectivity index (χ0) is 21.3. The lowest BCUT2D eigenvalue weighted by atomic mass is 10.1. The summed E-state index contributed by atoms with van der Waals surface area (Å²) in [5, 5.41) is 11.0. The van der Waals surface area contributed by atoms with Crippen molar-refractivity contribution in [2.75, 3.05) is 7.11 Å². The molecule has 0 amide bonds. The zero-order valence-corrected chi connectivity index (χ0v) is 17.1. The normalized spacial score (nSPS) is 11.3. The van der Waals surface area contributed by atoms with Gasteiger partial charge in [-0.15, -0.1) is 0 Å². The van der Waals surface area contributed by atoms with Gasteiger partial charge in [-0.05, 0) is 55.3 Å². The Balaban J connectivity index is 1.99. The second-order valence-corrected chi connectivity index (χ2v) is 7.10. The maximum atomic E-state index is 13.5. The third kappa shape index (κ3) is 3.35. The molecule has 0 atom stereocenters. The summed E-state index contributed by atoms with van der Waals surface area (Å²) in [7, 11) is 1.51. The predicted molar refractivity (Wildman–Crippen MR) is 120 cm³/mol. The molecule has 0 saturated carbocycles. The van der Waals surface area contributed by atoms with Gasteiger partial charge < -0.3 is 9.84 Å². The number of aromatic nitrogens is 2. The summed E-state index contributed by atoms with van der Waals surface area (Å²) in [5.74, 6) is 0.909. The fraction of sp³-hybridized carbons (Fsp3) is 0.120. The lowest BCUT2D eigenvalue weighted by Crippen LogP contribution is -2.23. The molecule has 0 unspecified atom stereocenters. The van der Waals surface area contributed by atoms with Crippen molar-refractivity contribution < 1.29 is 9.84 Å². The summed E-state index contributed by atoms with van der Waals surface area (Å²) in [5.41, 5.74) is 3.84. The van der Waals surface area contributed by atoms with Crippen LogP contribution in [-0.4, -0.2) is 21.8 Å². The summed E-state index contributed by atoms with van der Waals surface area (Å²) >= 11 is 0. The summed E-state index contributed by atoms with van der Waals surface area (Å²) in [6.07, 6.45) is 3.48. The highest BCUT2D eigenvalue weighted by atomic mass is 16.5. The molecule has 1 N–H and O–H groups in total. The molecule has 0 bridgehead atoms. The summed E-state index contributed by atoms with van der Waals surface area (Å²) in [6, 6.07) is 18.5. The number of hydrogen-bond acceptors (Lipinski definition) is 4. The first-order valence-electron chi connectivity index (χ1n) is 9.63. The molecule has 0 radical (unpaired) electrons. The highest BCUT2D eigenvalue weighted by Gasteiger charge is 2.15. The van der Waals surface area contributed by atoms with E-state index in [0.717, 1.165) is 16.8 Å². The Morgan fingerprint density at radius 1 is 0.933 bits per heavy atom. The first-order valence-corrected chi connectivity index (χ1v) is 9.63. The van der Waals surface area contributed by atoms with Crippen LogP contribution in [0.15, 0.2) is 65.5 Å². The Morgan fingerprint density at radius 3 is 2.37 bits per heavy atom. The Bertz CT molecular complexity index is 1320. The number of rotatable bonds is 4. The summed E-state index contributed by atoms with van der Waals surface area (Å²) in [4.78, 5) is 18.2. The molecule has 5 nitrogen and oxygen atoms in total. The molecule has 4 rings (SSSR count). The lowest BCUT2D eigenvalue weighted by Gasteiger charge is -2.16. The first-order chi connectivity index (χ1) is 14.5. The fourth-order valence-electron chi connectivity index (χ4n) is 3.64. The quantitative estimate of drug-likeness (QED) is 0.532. The van der Waals surface area contributed by atoms with Crippen LogP contribution in [0.3, 0.4) is 0 Å². The van der Waals surface area contributed by atoms with Crippen LogP contribution in [0.1, 0.15) is 22.5 Å². The number of aromatic hydroxyl groups is 1. The number of fused-ring (bicyclic) bond motifs is 1. The van der Waals surface area contributed by atoms with E-state index in [4.69, 9.17) is 9.72 Å². The van der Waals surface area contributed by atoms with E-state index in [1.165, 1.54) is 7.11 Å². The SMILES string of the molecule is COc1cccc(C=Cc2nc3ccccc3c(=O)n2-c2c(C)cccc2C)c1O. The minimum atomic E-state index is -0.132. The summed E-state index contributed by atoms with van der Waals surface area (Å²) < 4.78 is 6.82. The van der Waals surface area contributed by atoms with Gasteiger partial charge >= 0.3 is 0 Å². The number of ether oxygens (including phenoxy) is 1. The highest BCUT2D eigenvalue weighted by Crippen LogP contribution is 2.31. The third-order valence-electron chi connectivity index (χ3n) is 5.13. The molecular weight excluding hydrogens is 376 g/mol. The molecule has 0 aliphatic carbocycles. The molecule has 150 valence electrons. The van der Waals surface area contributed by atoms with E-state index in [2.05, 4.69) is 0 Å². The average Bonchev–Trinajstić information content (AvgIpc) is 2.74. The second-order valence-electron chi connectivity index (χ2n) is 7.10. The molecular formula is C25H22N2O3. The number of phenols is 1. The van der Waals surface area contributed by atoms with Crippen molar-refractivity contribution in [2.45, 2.75) is 13.8 Å². The van der Waals surface area contributed by atoms with Crippen LogP contribution in [0, 0.1) is 13.8 Å². The van der Waals surface area contributed by atoms with Gasteiger partial charge in [0.15, 0.2) is 11.5 Å². The molecule has 0 aliphatic heterocycles. The van der Waals surface area contributed by atoms with Crippen LogP contribution < -0.4 is 10.3 Å². The Hall–Kier alpha value is -3.86. The van der Waals surface area contributed by atoms with Crippen LogP contribution >= 0.6 is 0 Å². The van der Waals surface area contributed by atoms with Crippen LogP contribution in [0.4, 0.5) is 0 Å². The van der Waals surface area contributed by atoms with Gasteiger partial charge in [0.1, 0.15) is 5.82 Å². The first kappa shape index (κ1) is 19.5. The van der Waals surface area contributed by atoms with E-state index in [0.29, 0.717) is 28.0 Å². The minimum Gasteiger partial charge on any atom is -0.504 e. The van der Waals surface area contributed by atoms with Crippen molar-refractivity contribution in [1.29, 1.82) is 0 Å². The van der Waals surface area contributed by atoms with E-state index < -0.39 is 0 Å². The van der Waals surface area contributed by atoms with E-state index in [1.807, 2.05) is 50.2 Å². The molecule has 5 heteroatoms. The molecule has 3 aromatic carbocycles. The predicted octanol–water partition coefficient (Wildman–Crippen LogP) is 4.89. The van der Waals surface area contributed by atoms with Gasteiger partial charge in [0.05, 0.1) is 23.7 Å². The van der Waals surface area contributed by atoms with Gasteiger partial charge in [-0.2, -0.15) is 0 Å². The monoisotopic (exact) mass is 398 g/mol. The number of benzene rings is 3. The number of methoxy groups -OCH3 is 1. The molecule has 0 saturated heterocycles. The third-order valence-corrected chi connectivity index (χ3v) is 5.13. The van der Waals surface area contributed by atoms with Gasteiger partial charge in [-0.3, -0.25) is 9.36 Å². The van der Waals surface area contributed by atoms with E-state index in [1.54, 1.807) is 41.0 Å². The van der Waals surface area contributed by atoms with E-state index in [9.17, 15) is 9.90 Å². The van der Waals surface area contributed by atoms with E-state index in [-0.39, 0.29) is 11.3 Å². The number of hydrogen-bond donors (Lipinski definition) is 1. The molecule has 1 aromatic heterocycles. The molecule has 0 fully saturated rings. The topological polar surface area (TPSA) is 64.3 Å². The lowest BCUT2D eigenvalue weighted by molar-refractivity contribution is 0.373. The van der Waals surface area contributed by atoms with Gasteiger partial charge in [-0.1, -0.05) is 42.5 Å². The second kappa shape index (κ2) is 7.87. The fourth-order valence-corrected chi connectivity index (χ4v) is 3.64.